The monoisotopic (exact) mass is 507 g/mol. The molecule has 2 aromatic rings. The Kier molecular flexibility index (Phi) is 9.02. The van der Waals surface area contributed by atoms with Gasteiger partial charge in [0.1, 0.15) is 49.0 Å². The molecule has 0 bridgehead atoms. The molecule has 0 aliphatic carbocycles. The van der Waals surface area contributed by atoms with Crippen LogP contribution in [-0.4, -0.2) is 93.8 Å². The van der Waals surface area contributed by atoms with E-state index < -0.39 is 43.2 Å². The molecule has 0 unspecified atom stereocenters. The first kappa shape index (κ1) is 26.3. The quantitative estimate of drug-likeness (QED) is 0.344. The normalized spacial score (nSPS) is 28.2. The zero-order valence-electron chi connectivity index (χ0n) is 19.5. The summed E-state index contributed by atoms with van der Waals surface area (Å²) in [6.07, 6.45) is -3.72. The summed E-state index contributed by atoms with van der Waals surface area (Å²) in [5, 5.41) is 50.8. The maximum Gasteiger partial charge on any atom is 0.119 e. The molecule has 2 fully saturated rings. The van der Waals surface area contributed by atoms with Crippen LogP contribution >= 0.6 is 11.6 Å². The number of hydrogen-bond donors (Lipinski definition) is 5. The lowest BCUT2D eigenvalue weighted by molar-refractivity contribution is -0.231. The first-order valence-electron chi connectivity index (χ1n) is 12.1. The van der Waals surface area contributed by atoms with E-state index in [1.807, 2.05) is 24.3 Å². The Morgan fingerprint density at radius 1 is 1.00 bits per heavy atom. The first-order chi connectivity index (χ1) is 16.9. The van der Waals surface area contributed by atoms with Crippen LogP contribution in [0.1, 0.15) is 35.6 Å². The maximum absolute atomic E-state index is 10.4. The van der Waals surface area contributed by atoms with E-state index in [1.165, 1.54) is 12.8 Å². The number of ether oxygens (including phenoxy) is 2. The maximum atomic E-state index is 10.4. The van der Waals surface area contributed by atoms with Crippen LogP contribution < -0.4 is 4.74 Å². The van der Waals surface area contributed by atoms with Crippen molar-refractivity contribution in [2.45, 2.75) is 55.9 Å². The number of likely N-dealkylation sites (tertiary alicyclic amines) is 1. The van der Waals surface area contributed by atoms with Crippen molar-refractivity contribution in [2.24, 2.45) is 0 Å². The van der Waals surface area contributed by atoms with Crippen LogP contribution in [0.4, 0.5) is 0 Å². The Morgan fingerprint density at radius 2 is 1.71 bits per heavy atom. The number of rotatable bonds is 9. The first-order valence-corrected chi connectivity index (χ1v) is 12.4. The SMILES string of the molecule is OC[C@H]1O[C@@H](c2ccc(Cl)c(Cc3ccc(OC[C@@H](O)CN4CCCC4)cc3)c2)[C@H](O)[C@@H](O)[C@@H]1O. The fraction of sp³-hybridized carbons (Fsp3) is 0.538. The van der Waals surface area contributed by atoms with Crippen LogP contribution in [0, 0.1) is 0 Å². The highest BCUT2D eigenvalue weighted by molar-refractivity contribution is 6.31. The number of aliphatic hydroxyl groups is 5. The molecular weight excluding hydrogens is 474 g/mol. The molecule has 2 aliphatic rings. The van der Waals surface area contributed by atoms with Crippen molar-refractivity contribution in [3.05, 3.63) is 64.2 Å². The molecular formula is C26H34ClNO7. The summed E-state index contributed by atoms with van der Waals surface area (Å²) in [6, 6.07) is 12.8. The van der Waals surface area contributed by atoms with Crippen LogP contribution in [0.25, 0.3) is 0 Å². The zero-order chi connectivity index (χ0) is 24.9. The molecule has 6 atom stereocenters. The molecule has 2 aliphatic heterocycles. The summed E-state index contributed by atoms with van der Waals surface area (Å²) in [5.41, 5.74) is 2.38. The van der Waals surface area contributed by atoms with E-state index in [9.17, 15) is 25.5 Å². The summed E-state index contributed by atoms with van der Waals surface area (Å²) in [6.45, 7) is 2.45. The number of halogens is 1. The number of benzene rings is 2. The van der Waals surface area contributed by atoms with E-state index in [4.69, 9.17) is 21.1 Å². The fourth-order valence-electron chi connectivity index (χ4n) is 4.72. The lowest BCUT2D eigenvalue weighted by Crippen LogP contribution is -2.55. The van der Waals surface area contributed by atoms with Crippen molar-refractivity contribution in [3.8, 4) is 5.75 Å². The molecule has 5 N–H and O–H groups in total. The summed E-state index contributed by atoms with van der Waals surface area (Å²) in [4.78, 5) is 2.25. The minimum Gasteiger partial charge on any atom is -0.491 e. The summed E-state index contributed by atoms with van der Waals surface area (Å²) >= 11 is 6.43. The average Bonchev–Trinajstić information content (AvgIpc) is 3.37. The second-order valence-corrected chi connectivity index (χ2v) is 9.80. The summed E-state index contributed by atoms with van der Waals surface area (Å²) < 4.78 is 11.4. The van der Waals surface area contributed by atoms with Gasteiger partial charge < -0.3 is 39.9 Å². The standard InChI is InChI=1S/C26H34ClNO7/c27-21-8-5-17(26-25(33)24(32)23(31)22(14-29)35-26)12-18(21)11-16-3-6-20(7-4-16)34-15-19(30)13-28-9-1-2-10-28/h3-8,12,19,22-26,29-33H,1-2,9-11,13-15H2/t19-,22+,23+,24-,25+,26-/m0/s1. The zero-order valence-corrected chi connectivity index (χ0v) is 20.3. The molecule has 2 saturated heterocycles. The van der Waals surface area contributed by atoms with Gasteiger partial charge in [-0.05, 0) is 67.2 Å². The van der Waals surface area contributed by atoms with Crippen molar-refractivity contribution in [1.29, 1.82) is 0 Å². The molecule has 0 aromatic heterocycles. The van der Waals surface area contributed by atoms with Gasteiger partial charge >= 0.3 is 0 Å². The molecule has 35 heavy (non-hydrogen) atoms. The van der Waals surface area contributed by atoms with Crippen LogP contribution in [-0.2, 0) is 11.2 Å². The molecule has 9 heteroatoms. The molecule has 2 heterocycles. The molecule has 0 amide bonds. The van der Waals surface area contributed by atoms with Crippen LogP contribution in [0.15, 0.2) is 42.5 Å². The van der Waals surface area contributed by atoms with Gasteiger partial charge in [0.15, 0.2) is 0 Å². The average molecular weight is 508 g/mol. The van der Waals surface area contributed by atoms with Gasteiger partial charge in [-0.1, -0.05) is 35.9 Å². The topological polar surface area (TPSA) is 123 Å². The third-order valence-corrected chi connectivity index (χ3v) is 7.09. The molecule has 0 saturated carbocycles. The predicted molar refractivity (Wildman–Crippen MR) is 131 cm³/mol. The summed E-state index contributed by atoms with van der Waals surface area (Å²) in [5.74, 6) is 0.676. The van der Waals surface area contributed by atoms with Crippen molar-refractivity contribution in [2.75, 3.05) is 32.8 Å². The van der Waals surface area contributed by atoms with Gasteiger partial charge in [0, 0.05) is 11.6 Å². The highest BCUT2D eigenvalue weighted by atomic mass is 35.5. The summed E-state index contributed by atoms with van der Waals surface area (Å²) in [7, 11) is 0. The Balaban J connectivity index is 1.38. The van der Waals surface area contributed by atoms with Gasteiger partial charge in [-0.2, -0.15) is 0 Å². The van der Waals surface area contributed by atoms with E-state index in [2.05, 4.69) is 4.90 Å². The Bertz CT molecular complexity index is 951. The molecule has 192 valence electrons. The van der Waals surface area contributed by atoms with Crippen LogP contribution in [0.3, 0.4) is 0 Å². The van der Waals surface area contributed by atoms with Gasteiger partial charge in [-0.3, -0.25) is 0 Å². The fourth-order valence-corrected chi connectivity index (χ4v) is 4.90. The molecule has 0 radical (unpaired) electrons. The minimum absolute atomic E-state index is 0.239. The van der Waals surface area contributed by atoms with Crippen molar-refractivity contribution >= 4 is 11.6 Å². The highest BCUT2D eigenvalue weighted by Gasteiger charge is 2.44. The predicted octanol–water partition coefficient (Wildman–Crippen LogP) is 1.28. The van der Waals surface area contributed by atoms with Gasteiger partial charge in [0.25, 0.3) is 0 Å². The third-order valence-electron chi connectivity index (χ3n) is 6.72. The van der Waals surface area contributed by atoms with Crippen molar-refractivity contribution in [3.63, 3.8) is 0 Å². The van der Waals surface area contributed by atoms with E-state index in [1.54, 1.807) is 18.2 Å². The second-order valence-electron chi connectivity index (χ2n) is 9.39. The Labute approximate surface area is 210 Å². The van der Waals surface area contributed by atoms with Gasteiger partial charge in [0.05, 0.1) is 6.61 Å². The van der Waals surface area contributed by atoms with E-state index >= 15 is 0 Å². The number of aliphatic hydroxyl groups excluding tert-OH is 5. The lowest BCUT2D eigenvalue weighted by atomic mass is 9.90. The van der Waals surface area contributed by atoms with Crippen molar-refractivity contribution < 1.29 is 35.0 Å². The lowest BCUT2D eigenvalue weighted by Gasteiger charge is -2.40. The number of β-amino-alcohol motifs (C(OH)–C–C–N with tert-alkyl or cyclic N) is 1. The van der Waals surface area contributed by atoms with Crippen molar-refractivity contribution in [1.82, 2.24) is 4.90 Å². The van der Waals surface area contributed by atoms with Gasteiger partial charge in [-0.25, -0.2) is 0 Å². The second kappa shape index (κ2) is 12.0. The minimum atomic E-state index is -1.44. The number of hydrogen-bond acceptors (Lipinski definition) is 8. The van der Waals surface area contributed by atoms with Crippen LogP contribution in [0.2, 0.25) is 5.02 Å². The van der Waals surface area contributed by atoms with Crippen LogP contribution in [0.5, 0.6) is 5.75 Å². The van der Waals surface area contributed by atoms with E-state index in [0.717, 1.165) is 24.2 Å². The molecule has 2 aromatic carbocycles. The van der Waals surface area contributed by atoms with E-state index in [-0.39, 0.29) is 6.61 Å². The third kappa shape index (κ3) is 6.53. The Hall–Kier alpha value is -1.75. The number of nitrogens with zero attached hydrogens (tertiary/aromatic N) is 1. The largest absolute Gasteiger partial charge is 0.491 e. The highest BCUT2D eigenvalue weighted by Crippen LogP contribution is 2.34. The molecule has 8 nitrogen and oxygen atoms in total. The van der Waals surface area contributed by atoms with E-state index in [0.29, 0.717) is 29.3 Å². The van der Waals surface area contributed by atoms with Gasteiger partial charge in [-0.15, -0.1) is 0 Å². The molecule has 0 spiro atoms. The smallest absolute Gasteiger partial charge is 0.119 e. The van der Waals surface area contributed by atoms with Gasteiger partial charge in [0.2, 0.25) is 0 Å². The molecule has 4 rings (SSSR count). The Morgan fingerprint density at radius 3 is 2.40 bits per heavy atom.